The Labute approximate surface area is 283 Å². The van der Waals surface area contributed by atoms with Crippen molar-refractivity contribution < 1.29 is 27.8 Å². The second kappa shape index (κ2) is 15.3. The van der Waals surface area contributed by atoms with Crippen LogP contribution in [0.25, 0.3) is 21.9 Å². The van der Waals surface area contributed by atoms with Crippen molar-refractivity contribution in [3.63, 3.8) is 0 Å². The summed E-state index contributed by atoms with van der Waals surface area (Å²) < 4.78 is 40.0. The van der Waals surface area contributed by atoms with E-state index in [1.54, 1.807) is 12.1 Å². The maximum atomic E-state index is 13.8. The number of aliphatic carboxylic acids is 1. The lowest BCUT2D eigenvalue weighted by Gasteiger charge is -2.45. The van der Waals surface area contributed by atoms with E-state index in [-0.39, 0.29) is 30.0 Å². The molecule has 8 heteroatoms. The van der Waals surface area contributed by atoms with Crippen molar-refractivity contribution in [2.24, 2.45) is 0 Å². The number of carboxylic acids is 1. The normalized spacial score (nSPS) is 13.0. The van der Waals surface area contributed by atoms with E-state index in [0.717, 1.165) is 43.4 Å². The number of hydrogen-bond acceptors (Lipinski definition) is 4. The molecule has 0 radical (unpaired) electrons. The molecule has 0 heterocycles. The fourth-order valence-electron chi connectivity index (χ4n) is 6.34. The molecule has 0 saturated carbocycles. The molecule has 5 aromatic rings. The summed E-state index contributed by atoms with van der Waals surface area (Å²) in [5, 5.41) is 13.5. The Hall–Kier alpha value is -4.31. The summed E-state index contributed by atoms with van der Waals surface area (Å²) in [6.45, 7) is 8.21. The Morgan fingerprint density at radius 3 is 2.06 bits per heavy atom. The molecule has 0 aromatic heterocycles. The van der Waals surface area contributed by atoms with Crippen molar-refractivity contribution in [3.05, 3.63) is 132 Å². The highest BCUT2D eigenvalue weighted by Gasteiger charge is 2.51. The van der Waals surface area contributed by atoms with Crippen molar-refractivity contribution in [3.8, 4) is 23.0 Å². The van der Waals surface area contributed by atoms with Crippen molar-refractivity contribution in [1.82, 2.24) is 0 Å². The summed E-state index contributed by atoms with van der Waals surface area (Å²) in [6.07, 6.45) is -1.22. The molecule has 5 rings (SSSR count). The average Bonchev–Trinajstić information content (AvgIpc) is 3.06. The molecule has 1 N–H and O–H groups in total. The summed E-state index contributed by atoms with van der Waals surface area (Å²) in [6, 6.07) is 36.3. The Morgan fingerprint density at radius 1 is 0.896 bits per heavy atom. The molecule has 2 atom stereocenters. The number of aryl methyl sites for hydroxylation is 1. The van der Waals surface area contributed by atoms with Gasteiger partial charge in [-0.2, -0.15) is 0 Å². The van der Waals surface area contributed by atoms with Crippen LogP contribution < -0.4 is 10.4 Å². The van der Waals surface area contributed by atoms with Crippen LogP contribution in [0.15, 0.2) is 115 Å². The topological polar surface area (TPSA) is 72.8 Å². The molecule has 1 unspecified atom stereocenters. The summed E-state index contributed by atoms with van der Waals surface area (Å²) >= 11 is 0. The predicted molar refractivity (Wildman–Crippen MR) is 196 cm³/mol. The molecule has 48 heavy (non-hydrogen) atoms. The second-order valence-corrected chi connectivity index (χ2v) is 18.5. The molecule has 0 aliphatic carbocycles. The van der Waals surface area contributed by atoms with Gasteiger partial charge in [-0.3, -0.25) is 9.36 Å². The van der Waals surface area contributed by atoms with E-state index in [9.17, 15) is 18.9 Å². The third kappa shape index (κ3) is 7.86. The lowest BCUT2D eigenvalue weighted by Crippen LogP contribution is -2.68. The quantitative estimate of drug-likeness (QED) is 0.0866. The largest absolute Gasteiger partial charge is 0.481 e. The van der Waals surface area contributed by atoms with Crippen LogP contribution in [0.4, 0.5) is 4.39 Å². The summed E-state index contributed by atoms with van der Waals surface area (Å²) in [5.74, 6) is 4.90. The number of rotatable bonds is 11. The van der Waals surface area contributed by atoms with E-state index in [1.807, 2.05) is 91.9 Å². The van der Waals surface area contributed by atoms with Gasteiger partial charge in [0.25, 0.3) is 8.32 Å². The van der Waals surface area contributed by atoms with Gasteiger partial charge in [0, 0.05) is 17.3 Å². The smallest absolute Gasteiger partial charge is 0.305 e. The Morgan fingerprint density at radius 2 is 1.48 bits per heavy atom. The van der Waals surface area contributed by atoms with E-state index in [1.165, 1.54) is 12.1 Å². The van der Waals surface area contributed by atoms with E-state index in [2.05, 4.69) is 38.7 Å². The van der Waals surface area contributed by atoms with Gasteiger partial charge >= 0.3 is 5.97 Å². The highest BCUT2D eigenvalue weighted by Crippen LogP contribution is 2.39. The van der Waals surface area contributed by atoms with Gasteiger partial charge in [-0.25, -0.2) is 4.39 Å². The third-order valence-electron chi connectivity index (χ3n) is 8.45. The first-order valence-corrected chi connectivity index (χ1v) is 19.4. The third-order valence-corrected chi connectivity index (χ3v) is 14.8. The zero-order valence-electron chi connectivity index (χ0n) is 27.6. The molecule has 0 aliphatic heterocycles. The fourth-order valence-corrected chi connectivity index (χ4v) is 12.1. The average molecular weight is 679 g/mol. The van der Waals surface area contributed by atoms with Gasteiger partial charge in [-0.1, -0.05) is 136 Å². The minimum absolute atomic E-state index is 0.0566. The lowest BCUT2D eigenvalue weighted by molar-refractivity contribution is -0.138. The lowest BCUT2D eigenvalue weighted by atomic mass is 9.90. The zero-order valence-corrected chi connectivity index (χ0v) is 29.6. The monoisotopic (exact) mass is 678 g/mol. The van der Waals surface area contributed by atoms with Crippen LogP contribution in [-0.4, -0.2) is 38.3 Å². The van der Waals surface area contributed by atoms with Crippen molar-refractivity contribution >= 4 is 43.5 Å². The van der Waals surface area contributed by atoms with Crippen LogP contribution in [0.2, 0.25) is 5.04 Å². The number of benzene rings is 5. The van der Waals surface area contributed by atoms with Gasteiger partial charge in [0.2, 0.25) is 0 Å². The van der Waals surface area contributed by atoms with E-state index in [4.69, 9.17) is 8.95 Å². The fraction of sp³-hybridized carbons (Fsp3) is 0.225. The highest BCUT2D eigenvalue weighted by atomic mass is 31.1. The molecular formula is C40H40FO5PSi. The van der Waals surface area contributed by atoms with Gasteiger partial charge in [0.15, 0.2) is 8.03 Å². The molecule has 0 amide bonds. The van der Waals surface area contributed by atoms with Gasteiger partial charge in [-0.15, -0.1) is 0 Å². The molecule has 0 aliphatic rings. The van der Waals surface area contributed by atoms with E-state index < -0.39 is 28.4 Å². The predicted octanol–water partition coefficient (Wildman–Crippen LogP) is 8.22. The molecule has 5 aromatic carbocycles. The van der Waals surface area contributed by atoms with Crippen LogP contribution in [-0.2, 0) is 18.3 Å². The Bertz CT molecular complexity index is 1920. The van der Waals surface area contributed by atoms with Crippen molar-refractivity contribution in [1.29, 1.82) is 0 Å². The van der Waals surface area contributed by atoms with Gasteiger partial charge in [-0.05, 0) is 56.4 Å². The van der Waals surface area contributed by atoms with Crippen LogP contribution >= 0.6 is 8.03 Å². The van der Waals surface area contributed by atoms with Gasteiger partial charge < -0.3 is 14.1 Å². The number of carbonyl (C=O) groups is 1. The number of fused-ring (bicyclic) bond motifs is 1. The minimum Gasteiger partial charge on any atom is -0.481 e. The van der Waals surface area contributed by atoms with Crippen molar-refractivity contribution in [2.75, 3.05) is 12.8 Å². The van der Waals surface area contributed by atoms with Crippen molar-refractivity contribution in [2.45, 2.75) is 45.3 Å². The summed E-state index contributed by atoms with van der Waals surface area (Å²) in [4.78, 5) is 12.1. The molecule has 0 saturated heterocycles. The number of halogens is 1. The molecular weight excluding hydrogens is 638 g/mol. The summed E-state index contributed by atoms with van der Waals surface area (Å²) in [7, 11) is -5.83. The standard InChI is InChI=1S/C40H40FO5PSi/c1-29-26-31-14-11-12-19-37(31)39(30-21-23-32(41)24-22-30)36(29)20-13-25-45-47(44)28-33(27-38(42)43)46-48(40(2,3)4,34-15-7-5-8-16-34)35-17-9-6-10-18-35/h5-12,14-19,21-24,26,33,47H,25,27-28H2,1-4H3,(H,42,43)/t33-/m0/s1. The number of hydrogen-bond donors (Lipinski definition) is 1. The van der Waals surface area contributed by atoms with E-state index >= 15 is 0 Å². The second-order valence-electron chi connectivity index (χ2n) is 12.8. The molecule has 0 fully saturated rings. The molecule has 0 spiro atoms. The minimum atomic E-state index is -3.09. The molecule has 246 valence electrons. The van der Waals surface area contributed by atoms with Crippen LogP contribution in [0.1, 0.15) is 38.3 Å². The Kier molecular flexibility index (Phi) is 11.1. The Balaban J connectivity index is 1.41. The van der Waals surface area contributed by atoms with E-state index in [0.29, 0.717) is 0 Å². The SMILES string of the molecule is Cc1cc2ccccc2c(-c2ccc(F)cc2)c1C#CCO[PH](=O)C[C@H](CC(=O)O)O[Si](c1ccccc1)(c1ccccc1)C(C)(C)C. The molecule has 5 nitrogen and oxygen atoms in total. The van der Waals surface area contributed by atoms with Gasteiger partial charge in [0.05, 0.1) is 12.5 Å². The molecule has 0 bridgehead atoms. The van der Waals surface area contributed by atoms with Crippen LogP contribution in [0.5, 0.6) is 0 Å². The maximum Gasteiger partial charge on any atom is 0.305 e. The van der Waals surface area contributed by atoms with Crippen LogP contribution in [0, 0.1) is 24.6 Å². The first-order chi connectivity index (χ1) is 23.0. The number of carboxylic acid groups (broad SMARTS) is 1. The van der Waals surface area contributed by atoms with Gasteiger partial charge in [0.1, 0.15) is 12.4 Å². The first-order valence-electron chi connectivity index (χ1n) is 15.9. The highest BCUT2D eigenvalue weighted by molar-refractivity contribution is 7.39. The maximum absolute atomic E-state index is 13.8. The first kappa shape index (κ1) is 35.0. The van der Waals surface area contributed by atoms with Crippen LogP contribution in [0.3, 0.4) is 0 Å². The zero-order chi connectivity index (χ0) is 34.3. The summed E-state index contributed by atoms with van der Waals surface area (Å²) in [5.41, 5.74) is 3.47.